The molecule has 3 rings (SSSR count). The van der Waals surface area contributed by atoms with Crippen molar-refractivity contribution in [3.05, 3.63) is 70.3 Å². The van der Waals surface area contributed by atoms with Crippen LogP contribution < -0.4 is 5.32 Å². The van der Waals surface area contributed by atoms with Gasteiger partial charge in [-0.3, -0.25) is 0 Å². The number of halogens is 2. The Hall–Kier alpha value is -1.44. The molecule has 1 aliphatic carbocycles. The van der Waals surface area contributed by atoms with E-state index in [9.17, 15) is 0 Å². The second kappa shape index (κ2) is 8.97. The predicted octanol–water partition coefficient (Wildman–Crippen LogP) is 7.28. The molecule has 0 bridgehead atoms. The zero-order chi connectivity index (χ0) is 18.5. The normalized spacial score (nSPS) is 16.3. The van der Waals surface area contributed by atoms with E-state index in [1.54, 1.807) is 0 Å². The molecular formula is C23H27Cl2N. The van der Waals surface area contributed by atoms with E-state index < -0.39 is 0 Å². The maximum Gasteiger partial charge on any atom is 0.0502 e. The van der Waals surface area contributed by atoms with Crippen LogP contribution in [0.25, 0.3) is 11.1 Å². The molecule has 2 aromatic rings. The van der Waals surface area contributed by atoms with Gasteiger partial charge in [0.2, 0.25) is 0 Å². The number of hydrogen-bond acceptors (Lipinski definition) is 1. The van der Waals surface area contributed by atoms with Crippen molar-refractivity contribution in [3.63, 3.8) is 0 Å². The molecule has 1 N–H and O–H groups in total. The summed E-state index contributed by atoms with van der Waals surface area (Å²) in [5.74, 6) is 0.758. The lowest BCUT2D eigenvalue weighted by atomic mass is 9.84. The smallest absolute Gasteiger partial charge is 0.0502 e. The van der Waals surface area contributed by atoms with Gasteiger partial charge in [-0.25, -0.2) is 0 Å². The molecule has 0 aliphatic heterocycles. The van der Waals surface area contributed by atoms with Crippen molar-refractivity contribution in [1.29, 1.82) is 0 Å². The molecule has 26 heavy (non-hydrogen) atoms. The van der Waals surface area contributed by atoms with Gasteiger partial charge in [0, 0.05) is 23.7 Å². The maximum atomic E-state index is 6.55. The van der Waals surface area contributed by atoms with Crippen molar-refractivity contribution >= 4 is 23.2 Å². The van der Waals surface area contributed by atoms with E-state index >= 15 is 0 Å². The van der Waals surface area contributed by atoms with Crippen LogP contribution in [0, 0.1) is 5.92 Å². The van der Waals surface area contributed by atoms with Crippen molar-refractivity contribution in [2.75, 3.05) is 0 Å². The van der Waals surface area contributed by atoms with Gasteiger partial charge >= 0.3 is 0 Å². The molecule has 1 saturated carbocycles. The second-order valence-electron chi connectivity index (χ2n) is 7.41. The van der Waals surface area contributed by atoms with Crippen LogP contribution in [0.5, 0.6) is 0 Å². The Kier molecular flexibility index (Phi) is 6.67. The molecule has 1 fully saturated rings. The highest BCUT2D eigenvalue weighted by molar-refractivity contribution is 6.39. The van der Waals surface area contributed by atoms with Crippen molar-refractivity contribution in [2.24, 2.45) is 5.92 Å². The fourth-order valence-electron chi connectivity index (χ4n) is 3.98. The fourth-order valence-corrected chi connectivity index (χ4v) is 4.73. The molecule has 3 heteroatoms. The minimum Gasteiger partial charge on any atom is -0.386 e. The van der Waals surface area contributed by atoms with Crippen LogP contribution in [-0.2, 0) is 6.42 Å². The highest BCUT2D eigenvalue weighted by Crippen LogP contribution is 2.36. The molecule has 0 amide bonds. The first kappa shape index (κ1) is 19.3. The van der Waals surface area contributed by atoms with E-state index in [2.05, 4.69) is 18.8 Å². The molecule has 2 aromatic carbocycles. The van der Waals surface area contributed by atoms with Gasteiger partial charge in [0.25, 0.3) is 0 Å². The lowest BCUT2D eigenvalue weighted by molar-refractivity contribution is 0.292. The minimum atomic E-state index is 0.470. The van der Waals surface area contributed by atoms with E-state index in [0.717, 1.165) is 34.7 Å². The number of rotatable bonds is 6. The van der Waals surface area contributed by atoms with E-state index in [-0.39, 0.29) is 0 Å². The van der Waals surface area contributed by atoms with Crippen LogP contribution in [0.1, 0.15) is 44.6 Å². The first-order chi connectivity index (χ1) is 12.5. The average molecular weight is 388 g/mol. The Morgan fingerprint density at radius 3 is 2.31 bits per heavy atom. The van der Waals surface area contributed by atoms with E-state index in [0.29, 0.717) is 16.1 Å². The number of benzene rings is 2. The Morgan fingerprint density at radius 1 is 1.08 bits per heavy atom. The lowest BCUT2D eigenvalue weighted by Gasteiger charge is -2.29. The summed E-state index contributed by atoms with van der Waals surface area (Å²) in [4.78, 5) is 0. The summed E-state index contributed by atoms with van der Waals surface area (Å²) in [6.07, 6.45) is 7.49. The zero-order valence-corrected chi connectivity index (χ0v) is 16.9. The molecule has 1 atom stereocenters. The number of hydrogen-bond donors (Lipinski definition) is 1. The van der Waals surface area contributed by atoms with E-state index in [4.69, 9.17) is 23.2 Å². The van der Waals surface area contributed by atoms with E-state index in [1.165, 1.54) is 32.1 Å². The van der Waals surface area contributed by atoms with Crippen LogP contribution >= 0.6 is 23.2 Å². The Balaban J connectivity index is 1.67. The van der Waals surface area contributed by atoms with Gasteiger partial charge in [0.15, 0.2) is 0 Å². The second-order valence-corrected chi connectivity index (χ2v) is 8.23. The summed E-state index contributed by atoms with van der Waals surface area (Å²) in [5.41, 5.74) is 4.06. The molecule has 0 spiro atoms. The topological polar surface area (TPSA) is 12.0 Å². The van der Waals surface area contributed by atoms with Crippen LogP contribution in [-0.4, -0.2) is 6.04 Å². The number of allylic oxidation sites excluding steroid dienone is 1. The lowest BCUT2D eigenvalue weighted by Crippen LogP contribution is -2.34. The standard InChI is InChI=1S/C23H27Cl2N/c1-16(26-17(2)19-9-5-3-6-10-19)13-18-14-21(24)23(22(25)15-18)20-11-7-4-8-12-20/h4,7-8,11-12,14-15,17,19,26H,1,3,5-6,9-10,13H2,2H3. The first-order valence-corrected chi connectivity index (χ1v) is 10.3. The molecule has 0 heterocycles. The van der Waals surface area contributed by atoms with Crippen molar-refractivity contribution in [1.82, 2.24) is 5.32 Å². The third-order valence-corrected chi connectivity index (χ3v) is 5.97. The minimum absolute atomic E-state index is 0.470. The van der Waals surface area contributed by atoms with Crippen molar-refractivity contribution < 1.29 is 0 Å². The molecule has 1 aliphatic rings. The predicted molar refractivity (Wildman–Crippen MR) is 114 cm³/mol. The largest absolute Gasteiger partial charge is 0.386 e. The van der Waals surface area contributed by atoms with E-state index in [1.807, 2.05) is 42.5 Å². The summed E-state index contributed by atoms with van der Waals surface area (Å²) < 4.78 is 0. The summed E-state index contributed by atoms with van der Waals surface area (Å²) in [6.45, 7) is 6.50. The van der Waals surface area contributed by atoms with Gasteiger partial charge in [-0.15, -0.1) is 0 Å². The summed E-state index contributed by atoms with van der Waals surface area (Å²) in [5, 5.41) is 4.98. The monoisotopic (exact) mass is 387 g/mol. The molecule has 1 unspecified atom stereocenters. The Morgan fingerprint density at radius 2 is 1.69 bits per heavy atom. The van der Waals surface area contributed by atoms with Gasteiger partial charge in [-0.2, -0.15) is 0 Å². The SMILES string of the molecule is C=C(Cc1cc(Cl)c(-c2ccccc2)c(Cl)c1)NC(C)C1CCCCC1. The molecule has 0 saturated heterocycles. The number of nitrogens with one attached hydrogen (secondary N) is 1. The first-order valence-electron chi connectivity index (χ1n) is 9.52. The summed E-state index contributed by atoms with van der Waals surface area (Å²) >= 11 is 13.1. The highest BCUT2D eigenvalue weighted by Gasteiger charge is 2.20. The van der Waals surface area contributed by atoms with Gasteiger partial charge in [-0.1, -0.05) is 79.4 Å². The van der Waals surface area contributed by atoms with Gasteiger partial charge in [0.1, 0.15) is 0 Å². The third kappa shape index (κ3) is 4.84. The Labute approximate surface area is 167 Å². The average Bonchev–Trinajstić information content (AvgIpc) is 2.62. The molecule has 0 radical (unpaired) electrons. The van der Waals surface area contributed by atoms with Gasteiger partial charge in [-0.05, 0) is 48.9 Å². The Bertz CT molecular complexity index is 725. The van der Waals surface area contributed by atoms with Crippen LogP contribution in [0.15, 0.2) is 54.7 Å². The van der Waals surface area contributed by atoms with Gasteiger partial charge in [0.05, 0.1) is 10.0 Å². The van der Waals surface area contributed by atoms with Crippen LogP contribution in [0.2, 0.25) is 10.0 Å². The summed E-state index contributed by atoms with van der Waals surface area (Å²) in [7, 11) is 0. The quantitative estimate of drug-likeness (QED) is 0.548. The third-order valence-electron chi connectivity index (χ3n) is 5.37. The van der Waals surface area contributed by atoms with Gasteiger partial charge < -0.3 is 5.32 Å². The molecular weight excluding hydrogens is 361 g/mol. The zero-order valence-electron chi connectivity index (χ0n) is 15.4. The highest BCUT2D eigenvalue weighted by atomic mass is 35.5. The molecule has 0 aromatic heterocycles. The maximum absolute atomic E-state index is 6.55. The van der Waals surface area contributed by atoms with Crippen molar-refractivity contribution in [2.45, 2.75) is 51.5 Å². The molecule has 138 valence electrons. The molecule has 1 nitrogen and oxygen atoms in total. The fraction of sp³-hybridized carbons (Fsp3) is 0.391. The van der Waals surface area contributed by atoms with Crippen molar-refractivity contribution in [3.8, 4) is 11.1 Å². The summed E-state index contributed by atoms with van der Waals surface area (Å²) in [6, 6.07) is 14.5. The van der Waals surface area contributed by atoms with Crippen LogP contribution in [0.4, 0.5) is 0 Å². The van der Waals surface area contributed by atoms with Crippen LogP contribution in [0.3, 0.4) is 0 Å².